The number of amides is 2. The van der Waals surface area contributed by atoms with Gasteiger partial charge in [-0.2, -0.15) is 0 Å². The molecule has 0 fully saturated rings. The van der Waals surface area contributed by atoms with Crippen LogP contribution >= 0.6 is 10.7 Å². The molecular weight excluding hydrogens is 256 g/mol. The predicted octanol–water partition coefficient (Wildman–Crippen LogP) is 1.36. The zero-order chi connectivity index (χ0) is 11.9. The summed E-state index contributed by atoms with van der Waals surface area (Å²) in [7, 11) is 1.04. The number of azo groups is 1. The molecule has 0 radical (unpaired) electrons. The van der Waals surface area contributed by atoms with E-state index in [9.17, 15) is 18.0 Å². The molecular formula is C8H3ClN2O4S. The molecule has 0 bridgehead atoms. The average Bonchev–Trinajstić information content (AvgIpc) is 2.22. The molecule has 1 aromatic carbocycles. The van der Waals surface area contributed by atoms with Crippen LogP contribution in [0, 0.1) is 0 Å². The van der Waals surface area contributed by atoms with Crippen molar-refractivity contribution in [1.82, 2.24) is 0 Å². The third-order valence-electron chi connectivity index (χ3n) is 1.96. The maximum atomic E-state index is 11.4. The highest BCUT2D eigenvalue weighted by atomic mass is 35.7. The molecule has 0 saturated carbocycles. The van der Waals surface area contributed by atoms with Gasteiger partial charge in [0, 0.05) is 10.7 Å². The summed E-state index contributed by atoms with van der Waals surface area (Å²) >= 11 is 0. The molecule has 6 nitrogen and oxygen atoms in total. The normalized spacial score (nSPS) is 15.1. The van der Waals surface area contributed by atoms with E-state index in [0.717, 1.165) is 6.07 Å². The van der Waals surface area contributed by atoms with Crippen molar-refractivity contribution in [2.75, 3.05) is 0 Å². The number of halogens is 1. The summed E-state index contributed by atoms with van der Waals surface area (Å²) in [6, 6.07) is 3.73. The van der Waals surface area contributed by atoms with Crippen LogP contribution in [0.2, 0.25) is 0 Å². The summed E-state index contributed by atoms with van der Waals surface area (Å²) < 4.78 is 22.4. The topological polar surface area (TPSA) is 93.0 Å². The van der Waals surface area contributed by atoms with Crippen molar-refractivity contribution in [2.24, 2.45) is 10.2 Å². The summed E-state index contributed by atoms with van der Waals surface area (Å²) in [6.07, 6.45) is 0. The van der Waals surface area contributed by atoms with Crippen LogP contribution in [0.1, 0.15) is 20.7 Å². The summed E-state index contributed by atoms with van der Waals surface area (Å²) in [5.41, 5.74) is -0.431. The number of hydrogen-bond donors (Lipinski definition) is 0. The van der Waals surface area contributed by atoms with E-state index >= 15 is 0 Å². The van der Waals surface area contributed by atoms with E-state index in [4.69, 9.17) is 10.7 Å². The Morgan fingerprint density at radius 1 is 1.06 bits per heavy atom. The van der Waals surface area contributed by atoms with Gasteiger partial charge >= 0.3 is 0 Å². The first-order chi connectivity index (χ1) is 7.41. The van der Waals surface area contributed by atoms with Crippen molar-refractivity contribution in [3.05, 3.63) is 29.3 Å². The Bertz CT molecular complexity index is 635. The van der Waals surface area contributed by atoms with Crippen LogP contribution < -0.4 is 0 Å². The second kappa shape index (κ2) is 3.46. The standard InChI is InChI=1S/C8H3ClN2O4S/c9-16(14,15)5-3-1-2-4-6(5)8(13)11-10-7(4)12/h1-3H. The molecule has 2 amide bonds. The monoisotopic (exact) mass is 258 g/mol. The lowest BCUT2D eigenvalue weighted by Gasteiger charge is -2.09. The first-order valence-electron chi connectivity index (χ1n) is 3.99. The van der Waals surface area contributed by atoms with Crippen LogP contribution in [-0.2, 0) is 9.05 Å². The first-order valence-corrected chi connectivity index (χ1v) is 6.30. The largest absolute Gasteiger partial charge is 0.297 e. The van der Waals surface area contributed by atoms with E-state index < -0.39 is 25.8 Å². The van der Waals surface area contributed by atoms with Gasteiger partial charge in [-0.25, -0.2) is 8.42 Å². The van der Waals surface area contributed by atoms with Gasteiger partial charge in [0.15, 0.2) is 0 Å². The Hall–Kier alpha value is -1.60. The van der Waals surface area contributed by atoms with Crippen LogP contribution in [-0.4, -0.2) is 20.2 Å². The van der Waals surface area contributed by atoms with Gasteiger partial charge in [-0.3, -0.25) is 9.59 Å². The molecule has 0 saturated heterocycles. The molecule has 1 aromatic rings. The molecule has 0 aliphatic carbocycles. The SMILES string of the molecule is O=C1N=NC(=O)c2c1cccc2S(=O)(=O)Cl. The van der Waals surface area contributed by atoms with E-state index in [1.165, 1.54) is 12.1 Å². The van der Waals surface area contributed by atoms with Gasteiger partial charge in [-0.1, -0.05) is 6.07 Å². The minimum Gasteiger partial charge on any atom is -0.265 e. The van der Waals surface area contributed by atoms with Crippen molar-refractivity contribution in [3.63, 3.8) is 0 Å². The highest BCUT2D eigenvalue weighted by molar-refractivity contribution is 8.13. The van der Waals surface area contributed by atoms with E-state index in [1.54, 1.807) is 0 Å². The zero-order valence-corrected chi connectivity index (χ0v) is 9.12. The third-order valence-corrected chi connectivity index (χ3v) is 3.33. The van der Waals surface area contributed by atoms with Crippen LogP contribution in [0.25, 0.3) is 0 Å². The Morgan fingerprint density at radius 3 is 2.31 bits per heavy atom. The van der Waals surface area contributed by atoms with E-state index in [0.29, 0.717) is 0 Å². The number of hydrogen-bond acceptors (Lipinski definition) is 4. The maximum absolute atomic E-state index is 11.4. The maximum Gasteiger partial charge on any atom is 0.297 e. The molecule has 0 N–H and O–H groups in total. The first kappa shape index (κ1) is 10.9. The highest BCUT2D eigenvalue weighted by Gasteiger charge is 2.29. The smallest absolute Gasteiger partial charge is 0.265 e. The van der Waals surface area contributed by atoms with Gasteiger partial charge in [-0.15, -0.1) is 10.2 Å². The molecule has 1 aliphatic heterocycles. The fourth-order valence-corrected chi connectivity index (χ4v) is 2.40. The van der Waals surface area contributed by atoms with Crippen LogP contribution in [0.3, 0.4) is 0 Å². The Morgan fingerprint density at radius 2 is 1.69 bits per heavy atom. The molecule has 1 aliphatic rings. The van der Waals surface area contributed by atoms with Crippen LogP contribution in [0.4, 0.5) is 0 Å². The van der Waals surface area contributed by atoms with Gasteiger partial charge in [-0.05, 0) is 12.1 Å². The lowest BCUT2D eigenvalue weighted by Crippen LogP contribution is -2.14. The number of rotatable bonds is 1. The lowest BCUT2D eigenvalue weighted by atomic mass is 10.1. The Labute approximate surface area is 94.4 Å². The summed E-state index contributed by atoms with van der Waals surface area (Å²) in [6.45, 7) is 0. The van der Waals surface area contributed by atoms with Crippen molar-refractivity contribution >= 4 is 31.5 Å². The van der Waals surface area contributed by atoms with Crippen molar-refractivity contribution in [3.8, 4) is 0 Å². The van der Waals surface area contributed by atoms with E-state index in [1.807, 2.05) is 0 Å². The fraction of sp³-hybridized carbons (Fsp3) is 0. The minimum atomic E-state index is -4.10. The van der Waals surface area contributed by atoms with Crippen LogP contribution in [0.15, 0.2) is 33.3 Å². The molecule has 0 atom stereocenters. The average molecular weight is 259 g/mol. The number of fused-ring (bicyclic) bond motifs is 1. The van der Waals surface area contributed by atoms with Crippen molar-refractivity contribution in [2.45, 2.75) is 4.90 Å². The molecule has 8 heteroatoms. The second-order valence-corrected chi connectivity index (χ2v) is 5.46. The lowest BCUT2D eigenvalue weighted by molar-refractivity contribution is 0.0918. The quantitative estimate of drug-likeness (QED) is 0.711. The number of carbonyl (C=O) groups excluding carboxylic acids is 2. The molecule has 1 heterocycles. The third kappa shape index (κ3) is 1.63. The van der Waals surface area contributed by atoms with Crippen molar-refractivity contribution < 1.29 is 18.0 Å². The highest BCUT2D eigenvalue weighted by Crippen LogP contribution is 2.26. The molecule has 82 valence electrons. The zero-order valence-electron chi connectivity index (χ0n) is 7.55. The van der Waals surface area contributed by atoms with E-state index in [-0.39, 0.29) is 11.1 Å². The molecule has 0 unspecified atom stereocenters. The molecule has 0 spiro atoms. The Kier molecular flexibility index (Phi) is 2.36. The number of carbonyl (C=O) groups is 2. The molecule has 2 rings (SSSR count). The van der Waals surface area contributed by atoms with Crippen molar-refractivity contribution in [1.29, 1.82) is 0 Å². The summed E-state index contributed by atoms with van der Waals surface area (Å²) in [5.74, 6) is -1.66. The number of nitrogens with zero attached hydrogens (tertiary/aromatic N) is 2. The second-order valence-electron chi connectivity index (χ2n) is 2.93. The van der Waals surface area contributed by atoms with Crippen LogP contribution in [0.5, 0.6) is 0 Å². The minimum absolute atomic E-state index is 0.110. The number of benzene rings is 1. The summed E-state index contributed by atoms with van der Waals surface area (Å²) in [4.78, 5) is 22.2. The van der Waals surface area contributed by atoms with Gasteiger partial charge in [0.25, 0.3) is 20.9 Å². The predicted molar refractivity (Wildman–Crippen MR) is 53.0 cm³/mol. The van der Waals surface area contributed by atoms with Gasteiger partial charge < -0.3 is 0 Å². The molecule has 16 heavy (non-hydrogen) atoms. The van der Waals surface area contributed by atoms with E-state index in [2.05, 4.69) is 10.2 Å². The summed E-state index contributed by atoms with van der Waals surface area (Å²) in [5, 5.41) is 6.11. The van der Waals surface area contributed by atoms with Gasteiger partial charge in [0.2, 0.25) is 0 Å². The Balaban J connectivity index is 2.85. The molecule has 0 aromatic heterocycles. The van der Waals surface area contributed by atoms with Gasteiger partial charge in [0.05, 0.1) is 16.0 Å². The fourth-order valence-electron chi connectivity index (χ4n) is 1.33. The van der Waals surface area contributed by atoms with Gasteiger partial charge in [0.1, 0.15) is 0 Å².